The zero-order valence-electron chi connectivity index (χ0n) is 15.1. The molecule has 0 atom stereocenters. The molecule has 0 radical (unpaired) electrons. The Morgan fingerprint density at radius 2 is 2.12 bits per heavy atom. The number of nitrogens with zero attached hydrogens (tertiary/aromatic N) is 2. The Kier molecular flexibility index (Phi) is 6.44. The van der Waals surface area contributed by atoms with Crippen LogP contribution in [-0.4, -0.2) is 28.4 Å². The molecule has 0 aromatic carbocycles. The van der Waals surface area contributed by atoms with E-state index >= 15 is 0 Å². The molecule has 2 amide bonds. The van der Waals surface area contributed by atoms with Crippen molar-refractivity contribution in [2.24, 2.45) is 5.92 Å². The smallest absolute Gasteiger partial charge is 0.273 e. The maximum atomic E-state index is 13.1. The lowest BCUT2D eigenvalue weighted by Gasteiger charge is -2.28. The van der Waals surface area contributed by atoms with Crippen molar-refractivity contribution in [2.75, 3.05) is 6.54 Å². The third-order valence-electron chi connectivity index (χ3n) is 4.67. The van der Waals surface area contributed by atoms with Crippen molar-refractivity contribution in [3.63, 3.8) is 0 Å². The summed E-state index contributed by atoms with van der Waals surface area (Å²) in [5.41, 5.74) is 0.253. The molecule has 26 heavy (non-hydrogen) atoms. The molecule has 0 spiro atoms. The standard InChI is InChI=1S/C19H25N3O3S/c1-2-20-18(23)17-11-15(25-21-17)12-22(13-16-9-6-10-26-16)19(24)14-7-4-3-5-8-14/h6,9-11,14H,2-5,7-8,12-13H2,1H3,(H,20,23). The van der Waals surface area contributed by atoms with Crippen molar-refractivity contribution in [1.29, 1.82) is 0 Å². The fourth-order valence-corrected chi connectivity index (χ4v) is 4.06. The number of hydrogen-bond donors (Lipinski definition) is 1. The van der Waals surface area contributed by atoms with E-state index in [1.807, 2.05) is 29.3 Å². The Labute approximate surface area is 157 Å². The van der Waals surface area contributed by atoms with Crippen molar-refractivity contribution in [1.82, 2.24) is 15.4 Å². The third kappa shape index (κ3) is 4.72. The molecule has 1 N–H and O–H groups in total. The van der Waals surface area contributed by atoms with Crippen LogP contribution in [0.25, 0.3) is 0 Å². The molecule has 3 rings (SSSR count). The molecule has 1 aliphatic carbocycles. The lowest BCUT2D eigenvalue weighted by atomic mass is 9.88. The van der Waals surface area contributed by atoms with Crippen LogP contribution in [0.5, 0.6) is 0 Å². The monoisotopic (exact) mass is 375 g/mol. The van der Waals surface area contributed by atoms with Crippen molar-refractivity contribution < 1.29 is 14.1 Å². The first-order chi connectivity index (χ1) is 12.7. The van der Waals surface area contributed by atoms with Crippen LogP contribution in [0.2, 0.25) is 0 Å². The molecule has 0 unspecified atom stereocenters. The highest BCUT2D eigenvalue weighted by Gasteiger charge is 2.27. The molecule has 1 fully saturated rings. The summed E-state index contributed by atoms with van der Waals surface area (Å²) in [5, 5.41) is 8.55. The Morgan fingerprint density at radius 3 is 2.81 bits per heavy atom. The number of carbonyl (C=O) groups excluding carboxylic acids is 2. The molecule has 140 valence electrons. The van der Waals surface area contributed by atoms with E-state index in [-0.39, 0.29) is 23.4 Å². The van der Waals surface area contributed by atoms with Gasteiger partial charge in [0.25, 0.3) is 5.91 Å². The average molecular weight is 375 g/mol. The number of rotatable bonds is 7. The molecule has 2 aromatic rings. The lowest BCUT2D eigenvalue weighted by molar-refractivity contribution is -0.138. The van der Waals surface area contributed by atoms with Gasteiger partial charge in [-0.3, -0.25) is 9.59 Å². The van der Waals surface area contributed by atoms with Gasteiger partial charge in [-0.1, -0.05) is 30.5 Å². The van der Waals surface area contributed by atoms with Crippen LogP contribution in [-0.2, 0) is 17.9 Å². The Bertz CT molecular complexity index is 720. The van der Waals surface area contributed by atoms with E-state index in [2.05, 4.69) is 10.5 Å². The van der Waals surface area contributed by atoms with Gasteiger partial charge in [-0.25, -0.2) is 0 Å². The Morgan fingerprint density at radius 1 is 1.31 bits per heavy atom. The predicted octanol–water partition coefficient (Wildman–Crippen LogP) is 3.59. The van der Waals surface area contributed by atoms with Gasteiger partial charge in [0, 0.05) is 23.4 Å². The van der Waals surface area contributed by atoms with Gasteiger partial charge < -0.3 is 14.7 Å². The lowest BCUT2D eigenvalue weighted by Crippen LogP contribution is -2.36. The zero-order chi connectivity index (χ0) is 18.4. The molecule has 1 saturated carbocycles. The summed E-state index contributed by atoms with van der Waals surface area (Å²) in [6.45, 7) is 3.28. The van der Waals surface area contributed by atoms with E-state index in [9.17, 15) is 9.59 Å². The highest BCUT2D eigenvalue weighted by atomic mass is 32.1. The number of thiophene rings is 1. The van der Waals surface area contributed by atoms with Crippen LogP contribution in [0.3, 0.4) is 0 Å². The Balaban J connectivity index is 1.72. The third-order valence-corrected chi connectivity index (χ3v) is 5.53. The van der Waals surface area contributed by atoms with Gasteiger partial charge >= 0.3 is 0 Å². The van der Waals surface area contributed by atoms with E-state index in [0.29, 0.717) is 25.4 Å². The molecule has 0 saturated heterocycles. The second-order valence-electron chi connectivity index (χ2n) is 6.65. The quantitative estimate of drug-likeness (QED) is 0.802. The molecular formula is C19H25N3O3S. The van der Waals surface area contributed by atoms with Crippen molar-refractivity contribution in [3.05, 3.63) is 39.9 Å². The second kappa shape index (κ2) is 8.98. The first-order valence-corrected chi connectivity index (χ1v) is 10.1. The maximum absolute atomic E-state index is 13.1. The van der Waals surface area contributed by atoms with Crippen LogP contribution in [0.4, 0.5) is 0 Å². The minimum atomic E-state index is -0.258. The summed E-state index contributed by atoms with van der Waals surface area (Å²) in [4.78, 5) is 27.9. The molecule has 1 aliphatic rings. The topological polar surface area (TPSA) is 75.4 Å². The zero-order valence-corrected chi connectivity index (χ0v) is 15.9. The molecular weight excluding hydrogens is 350 g/mol. The minimum Gasteiger partial charge on any atom is -0.359 e. The van der Waals surface area contributed by atoms with Gasteiger partial charge in [0.2, 0.25) is 5.91 Å². The van der Waals surface area contributed by atoms with E-state index in [4.69, 9.17) is 4.52 Å². The number of nitrogens with one attached hydrogen (secondary N) is 1. The highest BCUT2D eigenvalue weighted by molar-refractivity contribution is 7.09. The van der Waals surface area contributed by atoms with Gasteiger partial charge in [0.15, 0.2) is 11.5 Å². The van der Waals surface area contributed by atoms with Crippen LogP contribution in [0.15, 0.2) is 28.1 Å². The van der Waals surface area contributed by atoms with Crippen molar-refractivity contribution in [3.8, 4) is 0 Å². The summed E-state index contributed by atoms with van der Waals surface area (Å²) in [7, 11) is 0. The van der Waals surface area contributed by atoms with Gasteiger partial charge in [0.1, 0.15) is 0 Å². The maximum Gasteiger partial charge on any atom is 0.273 e. The molecule has 2 aromatic heterocycles. The summed E-state index contributed by atoms with van der Waals surface area (Å²) >= 11 is 1.64. The van der Waals surface area contributed by atoms with E-state index in [0.717, 1.165) is 30.6 Å². The fourth-order valence-electron chi connectivity index (χ4n) is 3.34. The van der Waals surface area contributed by atoms with Gasteiger partial charge in [-0.15, -0.1) is 11.3 Å². The normalized spacial score (nSPS) is 15.0. The summed E-state index contributed by atoms with van der Waals surface area (Å²) in [5.74, 6) is 0.543. The van der Waals surface area contributed by atoms with Gasteiger partial charge in [-0.05, 0) is 31.2 Å². The highest BCUT2D eigenvalue weighted by Crippen LogP contribution is 2.27. The average Bonchev–Trinajstić information content (AvgIpc) is 3.33. The number of amides is 2. The number of carbonyl (C=O) groups is 2. The molecule has 7 heteroatoms. The number of aromatic nitrogens is 1. The molecule has 6 nitrogen and oxygen atoms in total. The summed E-state index contributed by atoms with van der Waals surface area (Å²) in [6.07, 6.45) is 5.37. The predicted molar refractivity (Wildman–Crippen MR) is 99.7 cm³/mol. The van der Waals surface area contributed by atoms with Crippen LogP contribution >= 0.6 is 11.3 Å². The van der Waals surface area contributed by atoms with Gasteiger partial charge in [-0.2, -0.15) is 0 Å². The first-order valence-electron chi connectivity index (χ1n) is 9.22. The largest absolute Gasteiger partial charge is 0.359 e. The fraction of sp³-hybridized carbons (Fsp3) is 0.526. The van der Waals surface area contributed by atoms with E-state index in [1.54, 1.807) is 17.4 Å². The molecule has 2 heterocycles. The Hall–Kier alpha value is -2.15. The van der Waals surface area contributed by atoms with Crippen molar-refractivity contribution >= 4 is 23.2 Å². The summed E-state index contributed by atoms with van der Waals surface area (Å²) < 4.78 is 5.32. The van der Waals surface area contributed by atoms with Crippen LogP contribution in [0, 0.1) is 5.92 Å². The van der Waals surface area contributed by atoms with Gasteiger partial charge in [0.05, 0.1) is 13.1 Å². The van der Waals surface area contributed by atoms with E-state index in [1.165, 1.54) is 6.42 Å². The summed E-state index contributed by atoms with van der Waals surface area (Å²) in [6, 6.07) is 5.65. The molecule has 0 aliphatic heterocycles. The molecule has 0 bridgehead atoms. The van der Waals surface area contributed by atoms with Crippen LogP contribution in [0.1, 0.15) is 60.2 Å². The number of hydrogen-bond acceptors (Lipinski definition) is 5. The van der Waals surface area contributed by atoms with Crippen molar-refractivity contribution in [2.45, 2.75) is 52.1 Å². The minimum absolute atomic E-state index is 0.0921. The first kappa shape index (κ1) is 18.6. The van der Waals surface area contributed by atoms with E-state index < -0.39 is 0 Å². The second-order valence-corrected chi connectivity index (χ2v) is 7.68. The SMILES string of the molecule is CCNC(=O)c1cc(CN(Cc2cccs2)C(=O)C2CCCCC2)on1. The van der Waals surface area contributed by atoms with Crippen LogP contribution < -0.4 is 5.32 Å².